The van der Waals surface area contributed by atoms with Gasteiger partial charge in [0.25, 0.3) is 5.91 Å². The van der Waals surface area contributed by atoms with Crippen molar-refractivity contribution in [3.05, 3.63) is 50.7 Å². The van der Waals surface area contributed by atoms with Gasteiger partial charge in [-0.1, -0.05) is 0 Å². The first-order chi connectivity index (χ1) is 11.3. The van der Waals surface area contributed by atoms with Crippen LogP contribution in [-0.4, -0.2) is 25.6 Å². The lowest BCUT2D eigenvalue weighted by Crippen LogP contribution is -2.37. The minimum absolute atomic E-state index is 0.0460. The van der Waals surface area contributed by atoms with E-state index >= 15 is 0 Å². The number of rotatable bonds is 3. The van der Waals surface area contributed by atoms with Gasteiger partial charge >= 0.3 is 0 Å². The Morgan fingerprint density at radius 2 is 2.04 bits per heavy atom. The molecule has 1 aromatic heterocycles. The van der Waals surface area contributed by atoms with E-state index in [9.17, 15) is 4.79 Å². The molecule has 0 bridgehead atoms. The van der Waals surface area contributed by atoms with Crippen molar-refractivity contribution in [1.82, 2.24) is 10.6 Å². The summed E-state index contributed by atoms with van der Waals surface area (Å²) >= 11 is 1.75. The summed E-state index contributed by atoms with van der Waals surface area (Å²) in [6.07, 6.45) is 2.77. The number of methoxy groups -OCH3 is 1. The van der Waals surface area contributed by atoms with E-state index in [0.717, 1.165) is 54.8 Å². The van der Waals surface area contributed by atoms with Gasteiger partial charge in [-0.3, -0.25) is 4.79 Å². The highest BCUT2D eigenvalue weighted by Crippen LogP contribution is 2.29. The Hall–Kier alpha value is -1.85. The molecule has 23 heavy (non-hydrogen) atoms. The van der Waals surface area contributed by atoms with Crippen LogP contribution in [0, 0.1) is 0 Å². The van der Waals surface area contributed by atoms with Crippen LogP contribution in [-0.2, 0) is 25.8 Å². The average molecular weight is 328 g/mol. The van der Waals surface area contributed by atoms with Gasteiger partial charge in [0.1, 0.15) is 5.75 Å². The molecule has 0 radical (unpaired) electrons. The third kappa shape index (κ3) is 2.64. The van der Waals surface area contributed by atoms with Crippen LogP contribution in [0.4, 0.5) is 0 Å². The molecule has 120 valence electrons. The third-order valence-corrected chi connectivity index (χ3v) is 5.65. The zero-order valence-corrected chi connectivity index (χ0v) is 14.0. The molecule has 2 N–H and O–H groups in total. The minimum Gasteiger partial charge on any atom is -0.496 e. The van der Waals surface area contributed by atoms with Crippen molar-refractivity contribution in [2.45, 2.75) is 31.8 Å². The first-order valence-electron chi connectivity index (χ1n) is 8.00. The first kappa shape index (κ1) is 14.7. The maximum absolute atomic E-state index is 12.8. The number of nitrogens with one attached hydrogen (secondary N) is 2. The molecule has 1 amide bonds. The fourth-order valence-electron chi connectivity index (χ4n) is 3.66. The zero-order chi connectivity index (χ0) is 15.8. The van der Waals surface area contributed by atoms with Crippen LogP contribution in [0.25, 0.3) is 0 Å². The summed E-state index contributed by atoms with van der Waals surface area (Å²) in [6, 6.07) is 4.04. The van der Waals surface area contributed by atoms with E-state index in [1.54, 1.807) is 18.4 Å². The summed E-state index contributed by atoms with van der Waals surface area (Å²) in [5.41, 5.74) is 5.84. The summed E-state index contributed by atoms with van der Waals surface area (Å²) in [5, 5.41) is 11.0. The zero-order valence-electron chi connectivity index (χ0n) is 13.1. The van der Waals surface area contributed by atoms with E-state index in [-0.39, 0.29) is 11.9 Å². The van der Waals surface area contributed by atoms with Crippen LogP contribution < -0.4 is 15.4 Å². The summed E-state index contributed by atoms with van der Waals surface area (Å²) < 4.78 is 5.44. The van der Waals surface area contributed by atoms with Crippen LogP contribution in [0.3, 0.4) is 0 Å². The highest BCUT2D eigenvalue weighted by molar-refractivity contribution is 7.08. The number of hydrogen-bond acceptors (Lipinski definition) is 4. The van der Waals surface area contributed by atoms with Crippen molar-refractivity contribution in [2.24, 2.45) is 0 Å². The molecule has 1 aromatic carbocycles. The topological polar surface area (TPSA) is 50.4 Å². The van der Waals surface area contributed by atoms with Crippen LogP contribution in [0.1, 0.15) is 32.6 Å². The number of thiophene rings is 1. The van der Waals surface area contributed by atoms with Gasteiger partial charge in [-0.2, -0.15) is 11.3 Å². The van der Waals surface area contributed by atoms with Gasteiger partial charge in [0.2, 0.25) is 0 Å². The molecule has 5 heteroatoms. The van der Waals surface area contributed by atoms with E-state index in [1.807, 2.05) is 12.1 Å². The molecule has 4 nitrogen and oxygen atoms in total. The van der Waals surface area contributed by atoms with Crippen molar-refractivity contribution in [1.29, 1.82) is 0 Å². The molecule has 2 heterocycles. The fraction of sp³-hybridized carbons (Fsp3) is 0.389. The Bertz CT molecular complexity index is 733. The molecule has 4 rings (SSSR count). The number of ether oxygens (including phenoxy) is 1. The number of benzene rings is 1. The molecule has 0 spiro atoms. The molecule has 0 saturated heterocycles. The number of carbonyl (C=O) groups is 1. The summed E-state index contributed by atoms with van der Waals surface area (Å²) in [5.74, 6) is 0.913. The molecule has 2 aromatic rings. The largest absolute Gasteiger partial charge is 0.496 e. The monoisotopic (exact) mass is 328 g/mol. The Morgan fingerprint density at radius 1 is 1.26 bits per heavy atom. The van der Waals surface area contributed by atoms with Crippen molar-refractivity contribution in [3.8, 4) is 5.75 Å². The molecule has 0 unspecified atom stereocenters. The fourth-order valence-corrected chi connectivity index (χ4v) is 4.55. The second kappa shape index (κ2) is 5.98. The van der Waals surface area contributed by atoms with Crippen molar-refractivity contribution in [2.75, 3.05) is 13.7 Å². The Morgan fingerprint density at radius 3 is 2.78 bits per heavy atom. The van der Waals surface area contributed by atoms with Gasteiger partial charge in [0, 0.05) is 23.7 Å². The summed E-state index contributed by atoms with van der Waals surface area (Å²) in [4.78, 5) is 12.8. The average Bonchev–Trinajstić information content (AvgIpc) is 3.15. The van der Waals surface area contributed by atoms with Crippen molar-refractivity contribution in [3.63, 3.8) is 0 Å². The minimum atomic E-state index is 0.0460. The van der Waals surface area contributed by atoms with Gasteiger partial charge in [0.15, 0.2) is 0 Å². The van der Waals surface area contributed by atoms with E-state index in [0.29, 0.717) is 0 Å². The standard InChI is InChI=1S/C18H20N2O2S/c1-22-17-3-2-15(14-4-5-19-8-16(14)17)18(21)20-13-6-11-9-23-10-12(11)7-13/h2-3,9-10,13,19H,4-8H2,1H3,(H,20,21). The SMILES string of the molecule is COc1ccc(C(=O)NC2Cc3cscc3C2)c2c1CNCC2. The highest BCUT2D eigenvalue weighted by Gasteiger charge is 2.26. The highest BCUT2D eigenvalue weighted by atomic mass is 32.1. The second-order valence-corrected chi connectivity index (χ2v) is 6.94. The number of hydrogen-bond donors (Lipinski definition) is 2. The van der Waals surface area contributed by atoms with Gasteiger partial charge in [-0.15, -0.1) is 0 Å². The molecule has 0 saturated carbocycles. The lowest BCUT2D eigenvalue weighted by molar-refractivity contribution is 0.0937. The number of fused-ring (bicyclic) bond motifs is 2. The molecular formula is C18H20N2O2S. The van der Waals surface area contributed by atoms with Crippen LogP contribution in [0.15, 0.2) is 22.9 Å². The quantitative estimate of drug-likeness (QED) is 0.909. The Kier molecular flexibility index (Phi) is 3.83. The third-order valence-electron chi connectivity index (χ3n) is 4.81. The molecular weight excluding hydrogens is 308 g/mol. The van der Waals surface area contributed by atoms with Crippen molar-refractivity contribution >= 4 is 17.2 Å². The molecule has 1 aliphatic carbocycles. The van der Waals surface area contributed by atoms with Crippen LogP contribution in [0.2, 0.25) is 0 Å². The molecule has 0 fully saturated rings. The van der Waals surface area contributed by atoms with Crippen molar-refractivity contribution < 1.29 is 9.53 Å². The summed E-state index contributed by atoms with van der Waals surface area (Å²) in [7, 11) is 1.68. The first-order valence-corrected chi connectivity index (χ1v) is 8.95. The lowest BCUT2D eigenvalue weighted by atomic mass is 9.94. The normalized spacial score (nSPS) is 16.7. The van der Waals surface area contributed by atoms with Gasteiger partial charge in [-0.05, 0) is 65.4 Å². The van der Waals surface area contributed by atoms with E-state index in [1.165, 1.54) is 11.1 Å². The Labute approximate surface area is 139 Å². The predicted molar refractivity (Wildman–Crippen MR) is 91.4 cm³/mol. The van der Waals surface area contributed by atoms with E-state index < -0.39 is 0 Å². The van der Waals surface area contributed by atoms with Crippen LogP contribution in [0.5, 0.6) is 5.75 Å². The maximum atomic E-state index is 12.8. The molecule has 0 atom stereocenters. The maximum Gasteiger partial charge on any atom is 0.251 e. The predicted octanol–water partition coefficient (Wildman–Crippen LogP) is 2.30. The molecule has 2 aliphatic rings. The second-order valence-electron chi connectivity index (χ2n) is 6.20. The van der Waals surface area contributed by atoms with Gasteiger partial charge in [-0.25, -0.2) is 0 Å². The van der Waals surface area contributed by atoms with Gasteiger partial charge in [0.05, 0.1) is 7.11 Å². The van der Waals surface area contributed by atoms with Gasteiger partial charge < -0.3 is 15.4 Å². The van der Waals surface area contributed by atoms with Crippen LogP contribution >= 0.6 is 11.3 Å². The Balaban J connectivity index is 1.56. The summed E-state index contributed by atoms with van der Waals surface area (Å²) in [6.45, 7) is 1.67. The smallest absolute Gasteiger partial charge is 0.251 e. The number of carbonyl (C=O) groups excluding carboxylic acids is 1. The molecule has 1 aliphatic heterocycles. The van der Waals surface area contributed by atoms with E-state index in [2.05, 4.69) is 21.4 Å². The van der Waals surface area contributed by atoms with E-state index in [4.69, 9.17) is 4.74 Å². The number of amides is 1. The lowest BCUT2D eigenvalue weighted by Gasteiger charge is -2.23.